The Morgan fingerprint density at radius 2 is 1.83 bits per heavy atom. The van der Waals surface area contributed by atoms with Crippen molar-refractivity contribution in [2.75, 3.05) is 0 Å². The van der Waals surface area contributed by atoms with Gasteiger partial charge in [0.2, 0.25) is 0 Å². The van der Waals surface area contributed by atoms with Gasteiger partial charge in [-0.05, 0) is 18.2 Å². The number of aromatic nitrogens is 1. The van der Waals surface area contributed by atoms with Crippen molar-refractivity contribution >= 4 is 11.6 Å². The Hall–Kier alpha value is -1.67. The van der Waals surface area contributed by atoms with Crippen LogP contribution >= 0.6 is 11.6 Å². The third-order valence-corrected chi connectivity index (χ3v) is 4.13. The minimum atomic E-state index is -4.89. The number of alkyl halides is 5. The van der Waals surface area contributed by atoms with E-state index in [0.29, 0.717) is 6.20 Å². The van der Waals surface area contributed by atoms with Crippen LogP contribution in [0.3, 0.4) is 0 Å². The van der Waals surface area contributed by atoms with Crippen LogP contribution in [0.25, 0.3) is 5.69 Å². The number of aliphatic hydroxyl groups is 1. The van der Waals surface area contributed by atoms with Crippen LogP contribution in [0.5, 0.6) is 0 Å². The maximum atomic E-state index is 13.7. The SMILES string of the molecule is OC1c2c(C(F)(F)F)cn(-c3cc(F)cc(Cl)c3)c2CC(F)C1F. The smallest absolute Gasteiger partial charge is 0.385 e. The first-order chi connectivity index (χ1) is 11.1. The van der Waals surface area contributed by atoms with E-state index in [1.165, 1.54) is 6.07 Å². The largest absolute Gasteiger partial charge is 0.418 e. The zero-order valence-electron chi connectivity index (χ0n) is 11.8. The molecule has 0 amide bonds. The molecule has 3 unspecified atom stereocenters. The summed E-state index contributed by atoms with van der Waals surface area (Å²) >= 11 is 5.70. The number of halogens is 7. The fourth-order valence-corrected chi connectivity index (χ4v) is 3.11. The van der Waals surface area contributed by atoms with Crippen LogP contribution in [-0.4, -0.2) is 22.0 Å². The summed E-state index contributed by atoms with van der Waals surface area (Å²) in [6, 6.07) is 3.05. The molecule has 0 fully saturated rings. The van der Waals surface area contributed by atoms with Crippen LogP contribution < -0.4 is 0 Å². The summed E-state index contributed by atoms with van der Waals surface area (Å²) in [6.45, 7) is 0. The van der Waals surface area contributed by atoms with Gasteiger partial charge in [-0.3, -0.25) is 0 Å². The Morgan fingerprint density at radius 3 is 2.42 bits per heavy atom. The fourth-order valence-electron chi connectivity index (χ4n) is 2.89. The lowest BCUT2D eigenvalue weighted by Crippen LogP contribution is -2.34. The van der Waals surface area contributed by atoms with Crippen LogP contribution in [0.15, 0.2) is 24.4 Å². The first-order valence-corrected chi connectivity index (χ1v) is 7.21. The van der Waals surface area contributed by atoms with Crippen LogP contribution in [-0.2, 0) is 12.6 Å². The molecular weight excluding hydrogens is 360 g/mol. The van der Waals surface area contributed by atoms with Gasteiger partial charge >= 0.3 is 6.18 Å². The first-order valence-electron chi connectivity index (χ1n) is 6.83. The number of fused-ring (bicyclic) bond motifs is 1. The zero-order valence-corrected chi connectivity index (χ0v) is 12.5. The quantitative estimate of drug-likeness (QED) is 0.733. The van der Waals surface area contributed by atoms with Crippen molar-refractivity contribution in [3.05, 3.63) is 52.1 Å². The lowest BCUT2D eigenvalue weighted by atomic mass is 9.89. The van der Waals surface area contributed by atoms with Gasteiger partial charge < -0.3 is 9.67 Å². The van der Waals surface area contributed by atoms with Gasteiger partial charge in [-0.1, -0.05) is 11.6 Å². The Balaban J connectivity index is 2.27. The molecule has 1 heterocycles. The molecule has 0 saturated carbocycles. The van der Waals surface area contributed by atoms with Gasteiger partial charge in [0.25, 0.3) is 0 Å². The van der Waals surface area contributed by atoms with Gasteiger partial charge in [-0.2, -0.15) is 13.2 Å². The molecule has 0 aliphatic heterocycles. The fraction of sp³-hybridized carbons (Fsp3) is 0.333. The Bertz CT molecular complexity index is 767. The summed E-state index contributed by atoms with van der Waals surface area (Å²) in [4.78, 5) is 0. The van der Waals surface area contributed by atoms with Crippen molar-refractivity contribution in [1.29, 1.82) is 0 Å². The Labute approximate surface area is 137 Å². The molecule has 0 bridgehead atoms. The van der Waals surface area contributed by atoms with Crippen LogP contribution in [0.1, 0.15) is 22.9 Å². The predicted molar refractivity (Wildman–Crippen MR) is 74.2 cm³/mol. The van der Waals surface area contributed by atoms with E-state index in [2.05, 4.69) is 0 Å². The highest BCUT2D eigenvalue weighted by Gasteiger charge is 2.46. The summed E-state index contributed by atoms with van der Waals surface area (Å²) in [7, 11) is 0. The number of hydrogen-bond acceptors (Lipinski definition) is 1. The highest BCUT2D eigenvalue weighted by molar-refractivity contribution is 6.30. The van der Waals surface area contributed by atoms with Crippen molar-refractivity contribution in [2.24, 2.45) is 0 Å². The molecule has 3 atom stereocenters. The molecule has 3 rings (SSSR count). The summed E-state index contributed by atoms with van der Waals surface area (Å²) in [5, 5.41) is 9.71. The second-order valence-electron chi connectivity index (χ2n) is 5.51. The number of nitrogens with zero attached hydrogens (tertiary/aromatic N) is 1. The number of hydrogen-bond donors (Lipinski definition) is 1. The molecule has 1 aliphatic carbocycles. The molecule has 130 valence electrons. The summed E-state index contributed by atoms with van der Waals surface area (Å²) in [6.07, 6.45) is -11.9. The summed E-state index contributed by atoms with van der Waals surface area (Å²) < 4.78 is 81.5. The maximum absolute atomic E-state index is 13.7. The van der Waals surface area contributed by atoms with E-state index in [1.54, 1.807) is 0 Å². The van der Waals surface area contributed by atoms with E-state index < -0.39 is 48.0 Å². The zero-order chi connectivity index (χ0) is 17.8. The van der Waals surface area contributed by atoms with Crippen molar-refractivity contribution in [2.45, 2.75) is 31.0 Å². The summed E-state index contributed by atoms with van der Waals surface area (Å²) in [5.74, 6) is -0.801. The van der Waals surface area contributed by atoms with Crippen LogP contribution in [0, 0.1) is 5.82 Å². The molecule has 2 aromatic rings. The second kappa shape index (κ2) is 5.70. The van der Waals surface area contributed by atoms with E-state index in [4.69, 9.17) is 11.6 Å². The van der Waals surface area contributed by atoms with Gasteiger partial charge in [-0.15, -0.1) is 0 Å². The monoisotopic (exact) mass is 369 g/mol. The van der Waals surface area contributed by atoms with Crippen molar-refractivity contribution < 1.29 is 31.4 Å². The Kier molecular flexibility index (Phi) is 4.08. The molecule has 0 saturated heterocycles. The van der Waals surface area contributed by atoms with Gasteiger partial charge in [0.15, 0.2) is 6.17 Å². The lowest BCUT2D eigenvalue weighted by Gasteiger charge is -2.27. The van der Waals surface area contributed by atoms with E-state index in [1.807, 2.05) is 0 Å². The molecule has 1 N–H and O–H groups in total. The third-order valence-electron chi connectivity index (χ3n) is 3.91. The molecule has 1 aliphatic rings. The van der Waals surface area contributed by atoms with E-state index in [0.717, 1.165) is 16.7 Å². The van der Waals surface area contributed by atoms with Crippen LogP contribution in [0.2, 0.25) is 5.02 Å². The Morgan fingerprint density at radius 1 is 1.17 bits per heavy atom. The maximum Gasteiger partial charge on any atom is 0.418 e. The van der Waals surface area contributed by atoms with Crippen molar-refractivity contribution in [1.82, 2.24) is 4.57 Å². The van der Waals surface area contributed by atoms with Crippen molar-refractivity contribution in [3.63, 3.8) is 0 Å². The minimum absolute atomic E-state index is 0.0717. The molecule has 24 heavy (non-hydrogen) atoms. The standard InChI is InChI=1S/C15H10ClF6NO/c16-6-1-7(17)3-8(2-6)23-5-9(15(20,21)22)12-11(23)4-10(18)13(19)14(12)24/h1-3,5,10,13-14,24H,4H2. The van der Waals surface area contributed by atoms with Crippen molar-refractivity contribution in [3.8, 4) is 5.69 Å². The van der Waals surface area contributed by atoms with Gasteiger partial charge in [0, 0.05) is 34.6 Å². The highest BCUT2D eigenvalue weighted by atomic mass is 35.5. The second-order valence-corrected chi connectivity index (χ2v) is 5.94. The highest BCUT2D eigenvalue weighted by Crippen LogP contribution is 2.44. The number of rotatable bonds is 1. The molecule has 1 aromatic carbocycles. The lowest BCUT2D eigenvalue weighted by molar-refractivity contribution is -0.140. The topological polar surface area (TPSA) is 25.2 Å². The minimum Gasteiger partial charge on any atom is -0.385 e. The molecule has 9 heteroatoms. The molecule has 0 spiro atoms. The van der Waals surface area contributed by atoms with Crippen LogP contribution in [0.4, 0.5) is 26.3 Å². The predicted octanol–water partition coefficient (Wildman–Crippen LogP) is 4.55. The molecule has 0 radical (unpaired) electrons. The molecular formula is C15H10ClF6NO. The normalized spacial score (nSPS) is 24.1. The van der Waals surface area contributed by atoms with E-state index >= 15 is 0 Å². The van der Waals surface area contributed by atoms with E-state index in [-0.39, 0.29) is 16.4 Å². The average molecular weight is 370 g/mol. The molecule has 2 nitrogen and oxygen atoms in total. The summed E-state index contributed by atoms with van der Waals surface area (Å²) in [5.41, 5.74) is -2.37. The third kappa shape index (κ3) is 2.77. The van der Waals surface area contributed by atoms with Gasteiger partial charge in [-0.25, -0.2) is 13.2 Å². The number of aliphatic hydroxyl groups excluding tert-OH is 1. The first kappa shape index (κ1) is 17.2. The molecule has 1 aromatic heterocycles. The van der Waals surface area contributed by atoms with E-state index in [9.17, 15) is 31.4 Å². The average Bonchev–Trinajstić information content (AvgIpc) is 2.83. The van der Waals surface area contributed by atoms with Gasteiger partial charge in [0.1, 0.15) is 18.1 Å². The van der Waals surface area contributed by atoms with Gasteiger partial charge in [0.05, 0.1) is 5.56 Å². The number of benzene rings is 1.